The summed E-state index contributed by atoms with van der Waals surface area (Å²) in [4.78, 5) is 53.0. The number of nitrogens with zero attached hydrogens (tertiary/aromatic N) is 2. The highest BCUT2D eigenvalue weighted by Crippen LogP contribution is 2.42. The summed E-state index contributed by atoms with van der Waals surface area (Å²) in [5, 5.41) is 12.4. The number of ketones is 1. The lowest BCUT2D eigenvalue weighted by molar-refractivity contribution is -0.142. The molecule has 0 unspecified atom stereocenters. The molecular weight excluding hydrogens is 568 g/mol. The molecule has 0 aliphatic carbocycles. The average molecular weight is 603 g/mol. The van der Waals surface area contributed by atoms with Crippen molar-refractivity contribution in [3.8, 4) is 0 Å². The second kappa shape index (κ2) is 13.4. The fourth-order valence-electron chi connectivity index (χ4n) is 4.41. The number of nitrogens with two attached hydrogens (primary N) is 1. The number of nitrogens with one attached hydrogen (secondary N) is 1. The van der Waals surface area contributed by atoms with E-state index in [1.807, 2.05) is 0 Å². The lowest BCUT2D eigenvalue weighted by Gasteiger charge is -2.31. The van der Waals surface area contributed by atoms with Gasteiger partial charge in [-0.25, -0.2) is 18.2 Å². The highest BCUT2D eigenvalue weighted by Gasteiger charge is 2.51. The van der Waals surface area contributed by atoms with E-state index >= 15 is 0 Å². The number of Topliss-reactive ketones (excluding diaryl/α,β-unsaturated/α-hetero) is 1. The number of carbonyl (C=O) groups is 4. The number of carboxylic acids is 1. The molecule has 2 aromatic rings. The van der Waals surface area contributed by atoms with E-state index in [-0.39, 0.29) is 48.1 Å². The molecule has 11 nitrogen and oxygen atoms in total. The highest BCUT2D eigenvalue weighted by molar-refractivity contribution is 8.02. The summed E-state index contributed by atoms with van der Waals surface area (Å²) in [5.74, 6) is -2.39. The lowest BCUT2D eigenvalue weighted by Crippen LogP contribution is -2.56. The van der Waals surface area contributed by atoms with Gasteiger partial charge < -0.3 is 16.2 Å². The zero-order valence-corrected chi connectivity index (χ0v) is 24.7. The van der Waals surface area contributed by atoms with Crippen LogP contribution in [-0.4, -0.2) is 69.9 Å². The molecule has 0 saturated carbocycles. The van der Waals surface area contributed by atoms with Crippen LogP contribution in [0.15, 0.2) is 64.5 Å². The van der Waals surface area contributed by atoms with E-state index in [1.165, 1.54) is 30.8 Å². The van der Waals surface area contributed by atoms with Crippen LogP contribution < -0.4 is 11.1 Å². The van der Waals surface area contributed by atoms with Gasteiger partial charge in [0.2, 0.25) is 21.8 Å². The zero-order chi connectivity index (χ0) is 30.4. The van der Waals surface area contributed by atoms with Crippen LogP contribution in [-0.2, 0) is 42.0 Å². The van der Waals surface area contributed by atoms with E-state index in [0.717, 1.165) is 4.31 Å². The van der Waals surface area contributed by atoms with Crippen molar-refractivity contribution in [2.75, 3.05) is 5.88 Å². The molecule has 2 aromatic carbocycles. The second-order valence-electron chi connectivity index (χ2n) is 10.3. The first-order valence-electron chi connectivity index (χ1n) is 12.9. The van der Waals surface area contributed by atoms with Gasteiger partial charge in [0.15, 0.2) is 0 Å². The first-order valence-corrected chi connectivity index (χ1v) is 15.3. The maximum atomic E-state index is 13.4. The average Bonchev–Trinajstić information content (AvgIpc) is 3.24. The Labute approximate surface area is 243 Å². The number of carbonyl (C=O) groups excluding carboxylic acids is 3. The molecule has 0 bridgehead atoms. The predicted molar refractivity (Wildman–Crippen MR) is 156 cm³/mol. The molecule has 220 valence electrons. The van der Waals surface area contributed by atoms with E-state index in [0.29, 0.717) is 11.1 Å². The predicted octanol–water partition coefficient (Wildman–Crippen LogP) is 2.14. The molecule has 4 N–H and O–H groups in total. The number of rotatable bonds is 12. The van der Waals surface area contributed by atoms with Crippen molar-refractivity contribution in [1.82, 2.24) is 9.62 Å². The van der Waals surface area contributed by atoms with Gasteiger partial charge in [0, 0.05) is 30.4 Å². The van der Waals surface area contributed by atoms with Crippen molar-refractivity contribution in [3.05, 3.63) is 65.7 Å². The van der Waals surface area contributed by atoms with Crippen molar-refractivity contribution in [3.63, 3.8) is 0 Å². The number of hydrogen-bond donors (Lipinski definition) is 3. The van der Waals surface area contributed by atoms with Crippen LogP contribution in [0.4, 0.5) is 0 Å². The summed E-state index contributed by atoms with van der Waals surface area (Å²) < 4.78 is 27.0. The number of hydrogen-bond acceptors (Lipinski definition) is 7. The Morgan fingerprint density at radius 1 is 1.07 bits per heavy atom. The van der Waals surface area contributed by atoms with Gasteiger partial charge in [-0.3, -0.25) is 14.4 Å². The molecule has 0 aromatic heterocycles. The van der Waals surface area contributed by atoms with Crippen molar-refractivity contribution in [2.45, 2.75) is 68.2 Å². The Morgan fingerprint density at radius 2 is 1.68 bits per heavy atom. The summed E-state index contributed by atoms with van der Waals surface area (Å²) >= 11 is 1.30. The minimum Gasteiger partial charge on any atom is -0.480 e. The number of carboxylic acid groups (broad SMARTS) is 1. The van der Waals surface area contributed by atoms with Crippen molar-refractivity contribution >= 4 is 51.2 Å². The number of amidine groups is 1. The fourth-order valence-corrected chi connectivity index (χ4v) is 7.60. The topological polar surface area (TPSA) is 176 Å². The van der Waals surface area contributed by atoms with Gasteiger partial charge in [-0.15, -0.1) is 11.8 Å². The van der Waals surface area contributed by atoms with Crippen LogP contribution in [0.25, 0.3) is 0 Å². The standard InChI is InChI=1S/C28H34N4O7S2/c1-18(29)30-24(34)14-13-21(33)15-19-9-11-20(12-10-19)16-23(27(36)37)31-26(35)25-28(2,3)40-17-32(25)41(38,39)22-7-5-4-6-8-22/h4-12,23,25H,13-17H2,1-3H3,(H,31,35)(H,36,37)(H2,29,30,34)/t23-,25+/m0/s1. The summed E-state index contributed by atoms with van der Waals surface area (Å²) in [6.07, 6.45) is 0.0349. The summed E-state index contributed by atoms with van der Waals surface area (Å²) in [5.41, 5.74) is 6.65. The molecule has 13 heteroatoms. The molecule has 1 saturated heterocycles. The number of aliphatic carboxylic acids is 1. The van der Waals surface area contributed by atoms with Crippen LogP contribution in [0.5, 0.6) is 0 Å². The van der Waals surface area contributed by atoms with Gasteiger partial charge in [-0.05, 0) is 44.0 Å². The Bertz CT molecular complexity index is 1420. The van der Waals surface area contributed by atoms with Crippen molar-refractivity contribution in [2.24, 2.45) is 10.7 Å². The SMILES string of the molecule is CC(N)=NC(=O)CCC(=O)Cc1ccc(C[C@H](NC(=O)[C@H]2N(S(=O)(=O)c3ccccc3)CSC2(C)C)C(=O)O)cc1. The van der Waals surface area contributed by atoms with Gasteiger partial charge in [0.1, 0.15) is 17.9 Å². The number of aliphatic imine (C=N–C) groups is 1. The quantitative estimate of drug-likeness (QED) is 0.243. The zero-order valence-electron chi connectivity index (χ0n) is 23.1. The van der Waals surface area contributed by atoms with Gasteiger partial charge >= 0.3 is 5.97 Å². The molecule has 0 radical (unpaired) electrons. The monoisotopic (exact) mass is 602 g/mol. The smallest absolute Gasteiger partial charge is 0.326 e. The summed E-state index contributed by atoms with van der Waals surface area (Å²) in [6, 6.07) is 12.1. The van der Waals surface area contributed by atoms with Crippen LogP contribution in [0.2, 0.25) is 0 Å². The molecule has 3 rings (SSSR count). The molecule has 0 spiro atoms. The first kappa shape index (κ1) is 32.0. The minimum atomic E-state index is -4.00. The van der Waals surface area contributed by atoms with Crippen LogP contribution >= 0.6 is 11.8 Å². The van der Waals surface area contributed by atoms with Gasteiger partial charge in [0.25, 0.3) is 0 Å². The fraction of sp³-hybridized carbons (Fsp3) is 0.393. The molecule has 1 aliphatic heterocycles. The normalized spacial score (nSPS) is 18.0. The largest absolute Gasteiger partial charge is 0.480 e. The number of sulfonamides is 1. The van der Waals surface area contributed by atoms with E-state index in [9.17, 15) is 32.7 Å². The van der Waals surface area contributed by atoms with Crippen molar-refractivity contribution < 1.29 is 32.7 Å². The summed E-state index contributed by atoms with van der Waals surface area (Å²) in [6.45, 7) is 4.99. The number of amides is 2. The number of benzene rings is 2. The molecule has 2 amide bonds. The molecule has 1 heterocycles. The molecule has 41 heavy (non-hydrogen) atoms. The van der Waals surface area contributed by atoms with Gasteiger partial charge in [0.05, 0.1) is 16.6 Å². The molecule has 1 aliphatic rings. The third kappa shape index (κ3) is 8.47. The molecule has 1 fully saturated rings. The third-order valence-corrected chi connectivity index (χ3v) is 9.87. The van der Waals surface area contributed by atoms with Gasteiger partial charge in [-0.2, -0.15) is 4.31 Å². The third-order valence-electron chi connectivity index (χ3n) is 6.51. The Balaban J connectivity index is 1.67. The van der Waals surface area contributed by atoms with E-state index in [2.05, 4.69) is 10.3 Å². The number of thioether (sulfide) groups is 1. The van der Waals surface area contributed by atoms with Crippen LogP contribution in [0, 0.1) is 0 Å². The van der Waals surface area contributed by atoms with Crippen LogP contribution in [0.1, 0.15) is 44.7 Å². The Kier molecular flexibility index (Phi) is 10.5. The van der Waals surface area contributed by atoms with E-state index < -0.39 is 44.6 Å². The lowest BCUT2D eigenvalue weighted by atomic mass is 9.99. The maximum Gasteiger partial charge on any atom is 0.326 e. The molecule has 2 atom stereocenters. The van der Waals surface area contributed by atoms with E-state index in [1.54, 1.807) is 56.3 Å². The van der Waals surface area contributed by atoms with Crippen molar-refractivity contribution in [1.29, 1.82) is 0 Å². The Morgan fingerprint density at radius 3 is 2.27 bits per heavy atom. The molecular formula is C28H34N4O7S2. The first-order chi connectivity index (χ1) is 19.2. The maximum absolute atomic E-state index is 13.4. The van der Waals surface area contributed by atoms with Gasteiger partial charge in [-0.1, -0.05) is 42.5 Å². The second-order valence-corrected chi connectivity index (χ2v) is 13.8. The van der Waals surface area contributed by atoms with E-state index in [4.69, 9.17) is 5.73 Å². The van der Waals surface area contributed by atoms with Crippen LogP contribution in [0.3, 0.4) is 0 Å². The summed E-state index contributed by atoms with van der Waals surface area (Å²) in [7, 11) is -4.00. The minimum absolute atomic E-state index is 0.0251. The highest BCUT2D eigenvalue weighted by atomic mass is 32.2. The Hall–Kier alpha value is -3.55.